The average molecular weight is 440 g/mol. The molecule has 0 spiro atoms. The van der Waals surface area contributed by atoms with Crippen molar-refractivity contribution in [3.05, 3.63) is 52.4 Å². The molecule has 0 bridgehead atoms. The molecule has 1 aromatic rings. The summed E-state index contributed by atoms with van der Waals surface area (Å²) in [5.41, 5.74) is 3.56. The van der Waals surface area contributed by atoms with Crippen LogP contribution in [0.3, 0.4) is 0 Å². The van der Waals surface area contributed by atoms with Crippen molar-refractivity contribution in [3.8, 4) is 5.75 Å². The van der Waals surface area contributed by atoms with Crippen LogP contribution in [0.15, 0.2) is 46.8 Å². The van der Waals surface area contributed by atoms with Gasteiger partial charge in [-0.05, 0) is 45.1 Å². The van der Waals surface area contributed by atoms with Crippen molar-refractivity contribution in [3.63, 3.8) is 0 Å². The van der Waals surface area contributed by atoms with Crippen molar-refractivity contribution in [2.45, 2.75) is 85.7 Å². The Morgan fingerprint density at radius 2 is 1.91 bits per heavy atom. The van der Waals surface area contributed by atoms with Crippen LogP contribution in [0, 0.1) is 5.41 Å². The Morgan fingerprint density at radius 1 is 1.19 bits per heavy atom. The van der Waals surface area contributed by atoms with Gasteiger partial charge in [0.2, 0.25) is 0 Å². The molecule has 0 saturated carbocycles. The summed E-state index contributed by atoms with van der Waals surface area (Å²) >= 11 is 0. The maximum atomic E-state index is 13.4. The molecule has 1 aromatic carbocycles. The first-order valence-electron chi connectivity index (χ1n) is 11.8. The third-order valence-corrected chi connectivity index (χ3v) is 6.03. The minimum absolute atomic E-state index is 0.0261. The third-order valence-electron chi connectivity index (χ3n) is 6.03. The van der Waals surface area contributed by atoms with Gasteiger partial charge in [0.1, 0.15) is 5.75 Å². The van der Waals surface area contributed by atoms with Crippen molar-refractivity contribution in [1.82, 2.24) is 5.32 Å². The molecule has 32 heavy (non-hydrogen) atoms. The smallest absolute Gasteiger partial charge is 0.336 e. The van der Waals surface area contributed by atoms with Gasteiger partial charge in [-0.15, -0.1) is 0 Å². The number of hydrogen-bond donors (Lipinski definition) is 1. The number of unbranched alkanes of at least 4 members (excludes halogenated alkanes) is 2. The maximum absolute atomic E-state index is 13.4. The van der Waals surface area contributed by atoms with Gasteiger partial charge in [0, 0.05) is 29.0 Å². The van der Waals surface area contributed by atoms with Crippen molar-refractivity contribution in [2.24, 2.45) is 5.41 Å². The second kappa shape index (κ2) is 9.93. The predicted octanol–water partition coefficient (Wildman–Crippen LogP) is 5.81. The van der Waals surface area contributed by atoms with E-state index in [2.05, 4.69) is 26.1 Å². The van der Waals surface area contributed by atoms with E-state index in [0.29, 0.717) is 29.9 Å². The minimum Gasteiger partial charge on any atom is -0.491 e. The van der Waals surface area contributed by atoms with E-state index in [9.17, 15) is 9.59 Å². The molecule has 0 unspecified atom stereocenters. The fraction of sp³-hybridized carbons (Fsp3) is 0.556. The largest absolute Gasteiger partial charge is 0.491 e. The van der Waals surface area contributed by atoms with Gasteiger partial charge in [-0.3, -0.25) is 4.79 Å². The van der Waals surface area contributed by atoms with E-state index in [1.54, 1.807) is 0 Å². The number of esters is 1. The fourth-order valence-electron chi connectivity index (χ4n) is 4.69. The van der Waals surface area contributed by atoms with Crippen molar-refractivity contribution in [2.75, 3.05) is 6.61 Å². The summed E-state index contributed by atoms with van der Waals surface area (Å²) in [4.78, 5) is 26.7. The van der Waals surface area contributed by atoms with Gasteiger partial charge in [0.25, 0.3) is 0 Å². The molecular formula is C27H37NO4. The van der Waals surface area contributed by atoms with Gasteiger partial charge in [0.15, 0.2) is 5.78 Å². The lowest BCUT2D eigenvalue weighted by Gasteiger charge is -2.39. The molecule has 0 fully saturated rings. The van der Waals surface area contributed by atoms with E-state index >= 15 is 0 Å². The van der Waals surface area contributed by atoms with Gasteiger partial charge in [-0.25, -0.2) is 4.79 Å². The van der Waals surface area contributed by atoms with Crippen LogP contribution in [0.4, 0.5) is 0 Å². The number of ether oxygens (including phenoxy) is 2. The molecule has 2 aliphatic rings. The van der Waals surface area contributed by atoms with Gasteiger partial charge in [0.05, 0.1) is 24.2 Å². The Bertz CT molecular complexity index is 939. The monoisotopic (exact) mass is 439 g/mol. The lowest BCUT2D eigenvalue weighted by Crippen LogP contribution is -2.38. The molecule has 0 saturated heterocycles. The van der Waals surface area contributed by atoms with Crippen LogP contribution in [0.25, 0.3) is 0 Å². The molecule has 0 aromatic heterocycles. The number of hydrogen-bond acceptors (Lipinski definition) is 5. The number of nitrogens with one attached hydrogen (secondary N) is 1. The van der Waals surface area contributed by atoms with Crippen molar-refractivity contribution in [1.29, 1.82) is 0 Å². The van der Waals surface area contributed by atoms with E-state index in [1.165, 1.54) is 0 Å². The number of allylic oxidation sites excluding steroid dienone is 3. The van der Waals surface area contributed by atoms with Gasteiger partial charge in [-0.2, -0.15) is 0 Å². The minimum atomic E-state index is -0.497. The quantitative estimate of drug-likeness (QED) is 0.409. The second-order valence-electron chi connectivity index (χ2n) is 9.98. The summed E-state index contributed by atoms with van der Waals surface area (Å²) in [7, 11) is 0. The summed E-state index contributed by atoms with van der Waals surface area (Å²) in [6.07, 6.45) is 4.09. The normalized spacial score (nSPS) is 20.2. The number of dihydropyridines is 1. The molecule has 1 heterocycles. The number of Topliss-reactive ketones (excluding diaryl/α,β-unsaturated/α-hetero) is 1. The highest BCUT2D eigenvalue weighted by Crippen LogP contribution is 2.48. The summed E-state index contributed by atoms with van der Waals surface area (Å²) in [5, 5.41) is 3.39. The highest BCUT2D eigenvalue weighted by molar-refractivity contribution is 6.04. The van der Waals surface area contributed by atoms with E-state index in [0.717, 1.165) is 42.6 Å². The molecule has 5 heteroatoms. The predicted molar refractivity (Wildman–Crippen MR) is 126 cm³/mol. The van der Waals surface area contributed by atoms with Crippen LogP contribution in [-0.4, -0.2) is 24.5 Å². The lowest BCUT2D eigenvalue weighted by molar-refractivity contribution is -0.139. The van der Waals surface area contributed by atoms with Gasteiger partial charge < -0.3 is 14.8 Å². The summed E-state index contributed by atoms with van der Waals surface area (Å²) < 4.78 is 11.8. The molecule has 5 nitrogen and oxygen atoms in total. The molecule has 1 aliphatic carbocycles. The molecule has 174 valence electrons. The molecule has 1 N–H and O–H groups in total. The van der Waals surface area contributed by atoms with Crippen LogP contribution in [0.2, 0.25) is 0 Å². The summed E-state index contributed by atoms with van der Waals surface area (Å²) in [6.45, 7) is 12.6. The Morgan fingerprint density at radius 3 is 2.59 bits per heavy atom. The zero-order valence-electron chi connectivity index (χ0n) is 20.3. The van der Waals surface area contributed by atoms with Crippen molar-refractivity contribution < 1.29 is 19.1 Å². The Labute approximate surface area is 192 Å². The first-order valence-corrected chi connectivity index (χ1v) is 11.8. The zero-order valence-corrected chi connectivity index (χ0v) is 20.3. The number of para-hydroxylation sites is 1. The molecule has 1 atom stereocenters. The number of benzene rings is 1. The highest BCUT2D eigenvalue weighted by atomic mass is 16.5. The molecule has 0 amide bonds. The SMILES string of the molecule is CCCCCOC(=O)C1=C(C)NC2=C(C(=O)CC(C)(C)C2)[C@H]1c1ccccc1OC(C)C. The second-order valence-corrected chi connectivity index (χ2v) is 9.98. The van der Waals surface area contributed by atoms with Crippen LogP contribution in [-0.2, 0) is 14.3 Å². The summed E-state index contributed by atoms with van der Waals surface area (Å²) in [6, 6.07) is 7.72. The molecular weight excluding hydrogens is 402 g/mol. The summed E-state index contributed by atoms with van der Waals surface area (Å²) in [5.74, 6) is -0.0806. The van der Waals surface area contributed by atoms with E-state index in [4.69, 9.17) is 9.47 Å². The third kappa shape index (κ3) is 5.25. The van der Waals surface area contributed by atoms with Gasteiger partial charge >= 0.3 is 5.97 Å². The van der Waals surface area contributed by atoms with E-state index < -0.39 is 5.92 Å². The van der Waals surface area contributed by atoms with Gasteiger partial charge in [-0.1, -0.05) is 51.8 Å². The van der Waals surface area contributed by atoms with Crippen LogP contribution in [0.5, 0.6) is 5.75 Å². The lowest BCUT2D eigenvalue weighted by atomic mass is 9.68. The number of carbonyl (C=O) groups excluding carboxylic acids is 2. The molecule has 0 radical (unpaired) electrons. The number of rotatable bonds is 8. The average Bonchev–Trinajstić information content (AvgIpc) is 2.69. The van der Waals surface area contributed by atoms with Crippen molar-refractivity contribution >= 4 is 11.8 Å². The van der Waals surface area contributed by atoms with Crippen LogP contribution in [0.1, 0.15) is 85.1 Å². The standard InChI is InChI=1S/C27H37NO4/c1-7-8-11-14-31-26(30)23-18(4)28-20-15-27(5,6)16-21(29)25(20)24(23)19-12-9-10-13-22(19)32-17(2)3/h9-10,12-13,17,24,28H,7-8,11,14-16H2,1-6H3/t24-/m0/s1. The Kier molecular flexibility index (Phi) is 7.47. The highest BCUT2D eigenvalue weighted by Gasteiger charge is 2.44. The van der Waals surface area contributed by atoms with Crippen LogP contribution >= 0.6 is 0 Å². The first-order chi connectivity index (χ1) is 15.1. The Balaban J connectivity index is 2.09. The first kappa shape index (κ1) is 24.1. The zero-order chi connectivity index (χ0) is 23.5. The number of ketones is 1. The Hall–Kier alpha value is -2.56. The fourth-order valence-corrected chi connectivity index (χ4v) is 4.69. The van der Waals surface area contributed by atoms with E-state index in [1.807, 2.05) is 45.0 Å². The molecule has 1 aliphatic heterocycles. The van der Waals surface area contributed by atoms with Crippen LogP contribution < -0.4 is 10.1 Å². The number of carbonyl (C=O) groups is 2. The van der Waals surface area contributed by atoms with E-state index in [-0.39, 0.29) is 23.3 Å². The maximum Gasteiger partial charge on any atom is 0.336 e. The topological polar surface area (TPSA) is 64.6 Å². The molecule has 3 rings (SSSR count).